The van der Waals surface area contributed by atoms with Gasteiger partial charge in [0, 0.05) is 18.1 Å². The maximum atomic E-state index is 13.3. The number of nitrogens with one attached hydrogen (secondary N) is 3. The third kappa shape index (κ3) is 6.18. The summed E-state index contributed by atoms with van der Waals surface area (Å²) >= 11 is 1.21. The van der Waals surface area contributed by atoms with Crippen molar-refractivity contribution in [1.29, 1.82) is 0 Å². The number of carbonyl (C=O) groups is 2. The summed E-state index contributed by atoms with van der Waals surface area (Å²) in [5.74, 6) is 1.84. The second-order valence-electron chi connectivity index (χ2n) is 8.38. The fourth-order valence-corrected chi connectivity index (χ4v) is 4.63. The topological polar surface area (TPSA) is 133 Å². The minimum Gasteiger partial charge on any atom is -0.497 e. The molecule has 5 rings (SSSR count). The van der Waals surface area contributed by atoms with Crippen LogP contribution >= 0.6 is 11.3 Å². The normalized spacial score (nSPS) is 12.4. The Labute approximate surface area is 228 Å². The number of amides is 3. The smallest absolute Gasteiger partial charge is 0.320 e. The van der Waals surface area contributed by atoms with Crippen LogP contribution in [0.25, 0.3) is 10.6 Å². The van der Waals surface area contributed by atoms with Crippen LogP contribution in [0.5, 0.6) is 23.0 Å². The van der Waals surface area contributed by atoms with Crippen LogP contribution < -0.4 is 34.9 Å². The van der Waals surface area contributed by atoms with Crippen molar-refractivity contribution in [2.24, 2.45) is 0 Å². The lowest BCUT2D eigenvalue weighted by molar-refractivity contribution is -0.117. The molecule has 3 aromatic carbocycles. The first-order valence-corrected chi connectivity index (χ1v) is 12.7. The average molecular weight is 548 g/mol. The summed E-state index contributed by atoms with van der Waals surface area (Å²) in [6, 6.07) is 18.4. The molecule has 0 saturated heterocycles. The molecule has 1 aliphatic heterocycles. The Balaban J connectivity index is 1.30. The van der Waals surface area contributed by atoms with Crippen molar-refractivity contribution >= 4 is 34.1 Å². The monoisotopic (exact) mass is 547 g/mol. The summed E-state index contributed by atoms with van der Waals surface area (Å²) in [7, 11) is 3.03. The van der Waals surface area contributed by atoms with Crippen LogP contribution in [0.15, 0.2) is 66.7 Å². The third-order valence-electron chi connectivity index (χ3n) is 5.84. The van der Waals surface area contributed by atoms with Crippen LogP contribution in [0.3, 0.4) is 0 Å². The first-order valence-electron chi connectivity index (χ1n) is 11.9. The zero-order valence-corrected chi connectivity index (χ0v) is 21.9. The van der Waals surface area contributed by atoms with Crippen LogP contribution in [-0.4, -0.2) is 49.2 Å². The molecule has 39 heavy (non-hydrogen) atoms. The van der Waals surface area contributed by atoms with Gasteiger partial charge in [-0.25, -0.2) is 4.79 Å². The van der Waals surface area contributed by atoms with Crippen molar-refractivity contribution in [1.82, 2.24) is 15.5 Å². The van der Waals surface area contributed by atoms with E-state index < -0.39 is 18.0 Å². The predicted octanol–water partition coefficient (Wildman–Crippen LogP) is 4.32. The summed E-state index contributed by atoms with van der Waals surface area (Å²) < 4.78 is 21.3. The molecule has 4 aromatic rings. The van der Waals surface area contributed by atoms with Crippen LogP contribution in [0.2, 0.25) is 0 Å². The third-order valence-corrected chi connectivity index (χ3v) is 6.72. The Morgan fingerprint density at radius 1 is 0.949 bits per heavy atom. The van der Waals surface area contributed by atoms with E-state index in [4.69, 9.17) is 18.9 Å². The van der Waals surface area contributed by atoms with Gasteiger partial charge < -0.3 is 29.6 Å². The van der Waals surface area contributed by atoms with E-state index in [1.165, 1.54) is 25.6 Å². The van der Waals surface area contributed by atoms with Crippen molar-refractivity contribution in [3.05, 3.63) is 72.3 Å². The van der Waals surface area contributed by atoms with Gasteiger partial charge in [-0.05, 0) is 35.9 Å². The Kier molecular flexibility index (Phi) is 7.73. The number of fused-ring (bicyclic) bond motifs is 1. The van der Waals surface area contributed by atoms with Gasteiger partial charge in [0.1, 0.15) is 22.5 Å². The van der Waals surface area contributed by atoms with Crippen molar-refractivity contribution in [2.45, 2.75) is 12.5 Å². The molecule has 1 unspecified atom stereocenters. The van der Waals surface area contributed by atoms with Crippen molar-refractivity contribution in [3.8, 4) is 33.6 Å². The van der Waals surface area contributed by atoms with Gasteiger partial charge in [-0.15, -0.1) is 10.2 Å². The SMILES string of the molecule is COc1ccc(NC(=O)NC(Cc2ccccc2)C(=O)Nc2nnc(-c3ccc4c(c3)OCO4)s2)c(OC)c1. The first-order chi connectivity index (χ1) is 19.0. The van der Waals surface area contributed by atoms with Gasteiger partial charge in [0.25, 0.3) is 0 Å². The number of aromatic nitrogens is 2. The van der Waals surface area contributed by atoms with Gasteiger partial charge in [0.2, 0.25) is 17.8 Å². The highest BCUT2D eigenvalue weighted by Gasteiger charge is 2.24. The lowest BCUT2D eigenvalue weighted by Crippen LogP contribution is -2.47. The number of urea groups is 1. The summed E-state index contributed by atoms with van der Waals surface area (Å²) in [5.41, 5.74) is 2.08. The molecular weight excluding hydrogens is 522 g/mol. The number of nitrogens with zero attached hydrogens (tertiary/aromatic N) is 2. The summed E-state index contributed by atoms with van der Waals surface area (Å²) in [5, 5.41) is 17.5. The number of hydrogen-bond donors (Lipinski definition) is 3. The minimum absolute atomic E-state index is 0.171. The number of hydrogen-bond acceptors (Lipinski definition) is 9. The van der Waals surface area contributed by atoms with Crippen molar-refractivity contribution < 1.29 is 28.5 Å². The number of anilines is 2. The molecule has 1 aromatic heterocycles. The lowest BCUT2D eigenvalue weighted by Gasteiger charge is -2.19. The molecular formula is C27H25N5O6S. The predicted molar refractivity (Wildman–Crippen MR) is 146 cm³/mol. The van der Waals surface area contributed by atoms with Gasteiger partial charge in [-0.2, -0.15) is 0 Å². The van der Waals surface area contributed by atoms with Crippen LogP contribution in [0.4, 0.5) is 15.6 Å². The summed E-state index contributed by atoms with van der Waals surface area (Å²) in [4.78, 5) is 26.3. The molecule has 3 N–H and O–H groups in total. The van der Waals surface area contributed by atoms with Gasteiger partial charge in [-0.1, -0.05) is 41.7 Å². The molecule has 0 bridgehead atoms. The molecule has 200 valence electrons. The molecule has 3 amide bonds. The number of carbonyl (C=O) groups excluding carboxylic acids is 2. The second kappa shape index (κ2) is 11.7. The maximum Gasteiger partial charge on any atom is 0.320 e. The highest BCUT2D eigenvalue weighted by molar-refractivity contribution is 7.18. The molecule has 1 aliphatic rings. The zero-order chi connectivity index (χ0) is 27.2. The molecule has 0 aliphatic carbocycles. The molecule has 0 saturated carbocycles. The fraction of sp³-hybridized carbons (Fsp3) is 0.185. The van der Waals surface area contributed by atoms with Crippen LogP contribution in [-0.2, 0) is 11.2 Å². The largest absolute Gasteiger partial charge is 0.497 e. The molecule has 0 fully saturated rings. The Morgan fingerprint density at radius 2 is 1.77 bits per heavy atom. The minimum atomic E-state index is -0.908. The zero-order valence-electron chi connectivity index (χ0n) is 21.1. The Hall–Kier alpha value is -4.84. The van der Waals surface area contributed by atoms with Gasteiger partial charge in [-0.3, -0.25) is 10.1 Å². The van der Waals surface area contributed by atoms with Gasteiger partial charge in [0.15, 0.2) is 11.5 Å². The van der Waals surface area contributed by atoms with Gasteiger partial charge in [0.05, 0.1) is 19.9 Å². The number of ether oxygens (including phenoxy) is 4. The molecule has 0 radical (unpaired) electrons. The second-order valence-corrected chi connectivity index (χ2v) is 9.35. The summed E-state index contributed by atoms with van der Waals surface area (Å²) in [6.45, 7) is 0.171. The van der Waals surface area contributed by atoms with E-state index in [2.05, 4.69) is 26.1 Å². The van der Waals surface area contributed by atoms with E-state index in [-0.39, 0.29) is 13.2 Å². The number of methoxy groups -OCH3 is 2. The quantitative estimate of drug-likeness (QED) is 0.282. The van der Waals surface area contributed by atoms with E-state index in [9.17, 15) is 9.59 Å². The van der Waals surface area contributed by atoms with Crippen molar-refractivity contribution in [2.75, 3.05) is 31.6 Å². The van der Waals surface area contributed by atoms with Crippen LogP contribution in [0, 0.1) is 0 Å². The Bertz CT molecular complexity index is 1480. The highest BCUT2D eigenvalue weighted by Crippen LogP contribution is 2.37. The van der Waals surface area contributed by atoms with E-state index in [1.807, 2.05) is 42.5 Å². The molecule has 12 heteroatoms. The van der Waals surface area contributed by atoms with E-state index >= 15 is 0 Å². The van der Waals surface area contributed by atoms with Gasteiger partial charge >= 0.3 is 6.03 Å². The average Bonchev–Trinajstić information content (AvgIpc) is 3.62. The number of rotatable bonds is 9. The van der Waals surface area contributed by atoms with E-state index in [0.717, 1.165) is 11.1 Å². The van der Waals surface area contributed by atoms with Crippen LogP contribution in [0.1, 0.15) is 5.56 Å². The Morgan fingerprint density at radius 3 is 2.56 bits per heavy atom. The van der Waals surface area contributed by atoms with Crippen molar-refractivity contribution in [3.63, 3.8) is 0 Å². The molecule has 0 spiro atoms. The molecule has 11 nitrogen and oxygen atoms in total. The lowest BCUT2D eigenvalue weighted by atomic mass is 10.1. The van der Waals surface area contributed by atoms with E-state index in [1.54, 1.807) is 24.3 Å². The summed E-state index contributed by atoms with van der Waals surface area (Å²) in [6.07, 6.45) is 0.258. The maximum absolute atomic E-state index is 13.3. The standard InChI is InChI=1S/C27H25N5O6S/c1-35-18-9-10-19(22(14-18)36-2)28-26(34)29-20(12-16-6-4-3-5-7-16)24(33)30-27-32-31-25(39-27)17-8-11-21-23(13-17)38-15-37-21/h3-11,13-14,20H,12,15H2,1-2H3,(H2,28,29,34)(H,30,32,33). The van der Waals surface area contributed by atoms with E-state index in [0.29, 0.717) is 38.8 Å². The first kappa shape index (κ1) is 25.8. The highest BCUT2D eigenvalue weighted by atomic mass is 32.1. The molecule has 1 atom stereocenters. The fourth-order valence-electron chi connectivity index (χ4n) is 3.89. The molecule has 2 heterocycles. The number of benzene rings is 3.